The van der Waals surface area contributed by atoms with Crippen molar-refractivity contribution < 1.29 is 5.11 Å². The molecule has 2 aromatic carbocycles. The Hall–Kier alpha value is -2.14. The van der Waals surface area contributed by atoms with Gasteiger partial charge < -0.3 is 10.4 Å². The number of rotatable bonds is 3. The number of aromatic nitrogens is 2. The lowest BCUT2D eigenvalue weighted by Crippen LogP contribution is -2.06. The summed E-state index contributed by atoms with van der Waals surface area (Å²) in [4.78, 5) is 0. The minimum Gasteiger partial charge on any atom is -0.507 e. The molecule has 102 valence electrons. The molecule has 0 bridgehead atoms. The van der Waals surface area contributed by atoms with E-state index in [2.05, 4.69) is 15.5 Å². The lowest BCUT2D eigenvalue weighted by Gasteiger charge is -2.15. The molecule has 3 aromatic rings. The normalized spacial score (nSPS) is 12.5. The van der Waals surface area contributed by atoms with Gasteiger partial charge in [-0.25, -0.2) is 0 Å². The van der Waals surface area contributed by atoms with Crippen LogP contribution in [0.3, 0.4) is 0 Å². The molecule has 0 radical (unpaired) electrons. The number of anilines is 1. The maximum absolute atomic E-state index is 10.4. The van der Waals surface area contributed by atoms with Crippen LogP contribution in [-0.2, 0) is 0 Å². The molecule has 3 rings (SSSR count). The summed E-state index contributed by atoms with van der Waals surface area (Å²) in [6.07, 6.45) is 0. The van der Waals surface area contributed by atoms with Crippen LogP contribution in [0.25, 0.3) is 10.8 Å². The molecule has 0 fully saturated rings. The third-order valence-electron chi connectivity index (χ3n) is 3.26. The van der Waals surface area contributed by atoms with E-state index in [1.54, 1.807) is 0 Å². The van der Waals surface area contributed by atoms with Crippen LogP contribution in [0.4, 0.5) is 5.13 Å². The van der Waals surface area contributed by atoms with E-state index in [1.165, 1.54) is 11.3 Å². The zero-order chi connectivity index (χ0) is 14.1. The highest BCUT2D eigenvalue weighted by Crippen LogP contribution is 2.34. The first-order chi connectivity index (χ1) is 9.65. The summed E-state index contributed by atoms with van der Waals surface area (Å²) in [5, 5.41) is 25.3. The average Bonchev–Trinajstić information content (AvgIpc) is 2.84. The zero-order valence-corrected chi connectivity index (χ0v) is 12.1. The number of hydrogen-bond acceptors (Lipinski definition) is 5. The number of phenolic OH excluding ortho intramolecular Hbond substituents is 1. The van der Waals surface area contributed by atoms with Crippen LogP contribution in [0.15, 0.2) is 36.4 Å². The van der Waals surface area contributed by atoms with Gasteiger partial charge in [0.05, 0.1) is 6.04 Å². The summed E-state index contributed by atoms with van der Waals surface area (Å²) in [6, 6.07) is 11.7. The van der Waals surface area contributed by atoms with Crippen molar-refractivity contribution in [3.05, 3.63) is 47.0 Å². The molecule has 1 atom stereocenters. The highest BCUT2D eigenvalue weighted by atomic mass is 32.1. The third kappa shape index (κ3) is 2.32. The maximum atomic E-state index is 10.4. The summed E-state index contributed by atoms with van der Waals surface area (Å²) >= 11 is 1.51. The Morgan fingerprint density at radius 2 is 1.95 bits per heavy atom. The van der Waals surface area contributed by atoms with Crippen molar-refractivity contribution in [1.82, 2.24) is 10.2 Å². The molecule has 20 heavy (non-hydrogen) atoms. The van der Waals surface area contributed by atoms with E-state index in [0.29, 0.717) is 5.75 Å². The number of aryl methyl sites for hydroxylation is 1. The van der Waals surface area contributed by atoms with Crippen LogP contribution < -0.4 is 5.32 Å². The van der Waals surface area contributed by atoms with Crippen molar-refractivity contribution in [1.29, 1.82) is 0 Å². The highest BCUT2D eigenvalue weighted by molar-refractivity contribution is 7.15. The van der Waals surface area contributed by atoms with E-state index in [0.717, 1.165) is 26.5 Å². The lowest BCUT2D eigenvalue weighted by atomic mass is 10.0. The van der Waals surface area contributed by atoms with Crippen LogP contribution in [0.2, 0.25) is 0 Å². The molecule has 4 nitrogen and oxygen atoms in total. The molecule has 1 heterocycles. The Bertz CT molecular complexity index is 754. The standard InChI is InChI=1S/C15H15N3OS/c1-9(16-15-18-17-10(2)20-15)12-8-7-11-5-3-4-6-13(11)14(12)19/h3-9,19H,1-2H3,(H,16,18). The molecule has 0 spiro atoms. The zero-order valence-electron chi connectivity index (χ0n) is 11.3. The van der Waals surface area contributed by atoms with Gasteiger partial charge in [-0.15, -0.1) is 10.2 Å². The number of hydrogen-bond donors (Lipinski definition) is 2. The predicted molar refractivity (Wildman–Crippen MR) is 82.3 cm³/mol. The van der Waals surface area contributed by atoms with Crippen molar-refractivity contribution in [3.8, 4) is 5.75 Å². The minimum absolute atomic E-state index is 0.0352. The van der Waals surface area contributed by atoms with E-state index in [9.17, 15) is 5.11 Å². The van der Waals surface area contributed by atoms with Crippen molar-refractivity contribution in [3.63, 3.8) is 0 Å². The van der Waals surface area contributed by atoms with Crippen molar-refractivity contribution in [2.75, 3.05) is 5.32 Å². The van der Waals surface area contributed by atoms with Gasteiger partial charge in [0.2, 0.25) is 5.13 Å². The fourth-order valence-electron chi connectivity index (χ4n) is 2.24. The molecular formula is C15H15N3OS. The van der Waals surface area contributed by atoms with E-state index < -0.39 is 0 Å². The molecule has 0 aliphatic carbocycles. The average molecular weight is 285 g/mol. The largest absolute Gasteiger partial charge is 0.507 e. The molecule has 0 saturated carbocycles. The molecule has 1 unspecified atom stereocenters. The Labute approximate surface area is 121 Å². The fourth-order valence-corrected chi connectivity index (χ4v) is 2.92. The molecule has 0 aliphatic rings. The topological polar surface area (TPSA) is 58.0 Å². The summed E-state index contributed by atoms with van der Waals surface area (Å²) in [7, 11) is 0. The van der Waals surface area contributed by atoms with Gasteiger partial charge in [0.25, 0.3) is 0 Å². The first-order valence-electron chi connectivity index (χ1n) is 6.42. The van der Waals surface area contributed by atoms with Crippen LogP contribution in [0.1, 0.15) is 23.5 Å². The molecule has 0 amide bonds. The highest BCUT2D eigenvalue weighted by Gasteiger charge is 2.14. The van der Waals surface area contributed by atoms with Crippen molar-refractivity contribution in [2.45, 2.75) is 19.9 Å². The molecular weight excluding hydrogens is 270 g/mol. The van der Waals surface area contributed by atoms with E-state index >= 15 is 0 Å². The predicted octanol–water partition coefficient (Wildman–Crippen LogP) is 3.88. The molecule has 5 heteroatoms. The lowest BCUT2D eigenvalue weighted by molar-refractivity contribution is 0.472. The summed E-state index contributed by atoms with van der Waals surface area (Å²) in [6.45, 7) is 3.92. The van der Waals surface area contributed by atoms with E-state index in [-0.39, 0.29) is 6.04 Å². The van der Waals surface area contributed by atoms with Gasteiger partial charge in [-0.3, -0.25) is 0 Å². The van der Waals surface area contributed by atoms with Crippen LogP contribution in [0, 0.1) is 6.92 Å². The summed E-state index contributed by atoms with van der Waals surface area (Å²) in [5.74, 6) is 0.323. The minimum atomic E-state index is -0.0352. The fraction of sp³-hybridized carbons (Fsp3) is 0.200. The van der Waals surface area contributed by atoms with Crippen molar-refractivity contribution in [2.24, 2.45) is 0 Å². The number of aromatic hydroxyl groups is 1. The maximum Gasteiger partial charge on any atom is 0.206 e. The van der Waals surface area contributed by atoms with Gasteiger partial charge in [-0.2, -0.15) is 0 Å². The Balaban J connectivity index is 1.95. The quantitative estimate of drug-likeness (QED) is 0.766. The Kier molecular flexibility index (Phi) is 3.28. The first-order valence-corrected chi connectivity index (χ1v) is 7.24. The van der Waals surface area contributed by atoms with Crippen LogP contribution in [-0.4, -0.2) is 15.3 Å². The molecule has 2 N–H and O–H groups in total. The Morgan fingerprint density at radius 1 is 1.15 bits per heavy atom. The second-order valence-electron chi connectivity index (χ2n) is 4.72. The van der Waals surface area contributed by atoms with Gasteiger partial charge in [-0.1, -0.05) is 47.7 Å². The van der Waals surface area contributed by atoms with Gasteiger partial charge in [0, 0.05) is 10.9 Å². The number of nitrogens with zero attached hydrogens (tertiary/aromatic N) is 2. The smallest absolute Gasteiger partial charge is 0.206 e. The van der Waals surface area contributed by atoms with E-state index in [1.807, 2.05) is 50.2 Å². The number of benzene rings is 2. The number of phenols is 1. The third-order valence-corrected chi connectivity index (χ3v) is 4.03. The monoisotopic (exact) mass is 285 g/mol. The summed E-state index contributed by atoms with van der Waals surface area (Å²) < 4.78 is 0. The van der Waals surface area contributed by atoms with Crippen LogP contribution in [0.5, 0.6) is 5.75 Å². The molecule has 1 aromatic heterocycles. The molecule has 0 saturated heterocycles. The van der Waals surface area contributed by atoms with Gasteiger partial charge >= 0.3 is 0 Å². The van der Waals surface area contributed by atoms with Crippen LogP contribution >= 0.6 is 11.3 Å². The van der Waals surface area contributed by atoms with E-state index in [4.69, 9.17) is 0 Å². The first kappa shape index (κ1) is 12.9. The Morgan fingerprint density at radius 3 is 2.70 bits per heavy atom. The van der Waals surface area contributed by atoms with Gasteiger partial charge in [-0.05, 0) is 19.2 Å². The molecule has 0 aliphatic heterocycles. The second-order valence-corrected chi connectivity index (χ2v) is 5.90. The second kappa shape index (κ2) is 5.09. The SMILES string of the molecule is Cc1nnc(NC(C)c2ccc3ccccc3c2O)s1. The summed E-state index contributed by atoms with van der Waals surface area (Å²) in [5.41, 5.74) is 0.858. The van der Waals surface area contributed by atoms with Gasteiger partial charge in [0.15, 0.2) is 0 Å². The number of nitrogens with one attached hydrogen (secondary N) is 1. The van der Waals surface area contributed by atoms with Gasteiger partial charge in [0.1, 0.15) is 10.8 Å². The number of fused-ring (bicyclic) bond motifs is 1. The van der Waals surface area contributed by atoms with Crippen molar-refractivity contribution >= 4 is 27.2 Å².